The molecule has 0 saturated carbocycles. The van der Waals surface area contributed by atoms with E-state index in [2.05, 4.69) is 9.62 Å². The van der Waals surface area contributed by atoms with Crippen LogP contribution in [0.2, 0.25) is 10.0 Å². The first kappa shape index (κ1) is 22.1. The third-order valence-electron chi connectivity index (χ3n) is 4.30. The average molecular weight is 457 g/mol. The molecule has 2 aromatic rings. The van der Waals surface area contributed by atoms with E-state index in [9.17, 15) is 9.90 Å². The second-order valence-corrected chi connectivity index (χ2v) is 8.24. The fraction of sp³-hybridized carbons (Fsp3) is 0.350. The van der Waals surface area contributed by atoms with Crippen LogP contribution in [0.4, 0.5) is 5.69 Å². The lowest BCUT2D eigenvalue weighted by Gasteiger charge is -2.26. The predicted octanol–water partition coefficient (Wildman–Crippen LogP) is 4.70. The second kappa shape index (κ2) is 10.9. The maximum absolute atomic E-state index is 12.2. The SMILES string of the molecule is O=C(OCCCN1CCOCC1)c1ccc(NSc2cc(Cl)cc(Cl)c2)cc1O. The van der Waals surface area contributed by atoms with Gasteiger partial charge in [0.25, 0.3) is 0 Å². The van der Waals surface area contributed by atoms with E-state index in [1.165, 1.54) is 24.1 Å². The van der Waals surface area contributed by atoms with Crippen molar-refractivity contribution in [2.75, 3.05) is 44.2 Å². The quantitative estimate of drug-likeness (QED) is 0.338. The summed E-state index contributed by atoms with van der Waals surface area (Å²) in [5.41, 5.74) is 0.769. The number of nitrogens with one attached hydrogen (secondary N) is 1. The van der Waals surface area contributed by atoms with Gasteiger partial charge in [-0.1, -0.05) is 23.2 Å². The molecule has 0 amide bonds. The highest BCUT2D eigenvalue weighted by Crippen LogP contribution is 2.30. The van der Waals surface area contributed by atoms with Crippen molar-refractivity contribution in [1.82, 2.24) is 4.90 Å². The number of morpholine rings is 1. The Bertz CT molecular complexity index is 827. The third-order valence-corrected chi connectivity index (χ3v) is 5.54. The van der Waals surface area contributed by atoms with Crippen molar-refractivity contribution < 1.29 is 19.4 Å². The van der Waals surface area contributed by atoms with Gasteiger partial charge in [-0.05, 0) is 48.7 Å². The number of carbonyl (C=O) groups excluding carboxylic acids is 1. The number of hydrogen-bond donors (Lipinski definition) is 2. The second-order valence-electron chi connectivity index (χ2n) is 6.48. The molecule has 29 heavy (non-hydrogen) atoms. The minimum Gasteiger partial charge on any atom is -0.507 e. The number of halogens is 2. The Hall–Kier alpha value is -1.64. The molecule has 0 radical (unpaired) electrons. The number of benzene rings is 2. The number of hydrogen-bond acceptors (Lipinski definition) is 7. The molecule has 1 heterocycles. The number of rotatable bonds is 8. The fourth-order valence-electron chi connectivity index (χ4n) is 2.83. The van der Waals surface area contributed by atoms with Crippen molar-refractivity contribution in [3.05, 3.63) is 52.0 Å². The van der Waals surface area contributed by atoms with Gasteiger partial charge in [0, 0.05) is 46.3 Å². The molecule has 1 aliphatic rings. The molecule has 1 aliphatic heterocycles. The summed E-state index contributed by atoms with van der Waals surface area (Å²) >= 11 is 13.3. The highest BCUT2D eigenvalue weighted by molar-refractivity contribution is 8.00. The Labute approximate surface area is 184 Å². The highest BCUT2D eigenvalue weighted by atomic mass is 35.5. The van der Waals surface area contributed by atoms with E-state index < -0.39 is 5.97 Å². The molecule has 0 spiro atoms. The number of aromatic hydroxyl groups is 1. The Morgan fingerprint density at radius 2 is 1.90 bits per heavy atom. The number of phenolic OH excluding ortho intramolecular Hbond substituents is 1. The molecule has 6 nitrogen and oxygen atoms in total. The fourth-order valence-corrected chi connectivity index (χ4v) is 4.22. The minimum atomic E-state index is -0.537. The number of ether oxygens (including phenoxy) is 2. The van der Waals surface area contributed by atoms with Crippen LogP contribution >= 0.6 is 35.1 Å². The molecular formula is C20H22Cl2N2O4S. The van der Waals surface area contributed by atoms with Crippen molar-refractivity contribution in [3.63, 3.8) is 0 Å². The molecule has 1 fully saturated rings. The molecule has 0 aromatic heterocycles. The van der Waals surface area contributed by atoms with E-state index >= 15 is 0 Å². The lowest BCUT2D eigenvalue weighted by Crippen LogP contribution is -2.37. The van der Waals surface area contributed by atoms with Crippen LogP contribution < -0.4 is 4.72 Å². The molecule has 2 N–H and O–H groups in total. The van der Waals surface area contributed by atoms with E-state index in [4.69, 9.17) is 32.7 Å². The third kappa shape index (κ3) is 6.97. The summed E-state index contributed by atoms with van der Waals surface area (Å²) in [6.45, 7) is 4.47. The van der Waals surface area contributed by atoms with Gasteiger partial charge >= 0.3 is 5.97 Å². The number of esters is 1. The average Bonchev–Trinajstić information content (AvgIpc) is 2.70. The van der Waals surface area contributed by atoms with Gasteiger partial charge in [0.05, 0.1) is 19.8 Å². The first-order valence-corrected chi connectivity index (χ1v) is 10.8. The van der Waals surface area contributed by atoms with Crippen molar-refractivity contribution in [2.24, 2.45) is 0 Å². The molecular weight excluding hydrogens is 435 g/mol. The standard InChI is InChI=1S/C20H22Cl2N2O4S/c21-14-10-15(22)12-17(11-14)29-23-16-2-3-18(19(25)13-16)20(26)28-7-1-4-24-5-8-27-9-6-24/h2-3,10-13,23,25H,1,4-9H2. The lowest BCUT2D eigenvalue weighted by molar-refractivity contribution is 0.0297. The Kier molecular flexibility index (Phi) is 8.32. The molecule has 0 unspecified atom stereocenters. The molecule has 9 heteroatoms. The van der Waals surface area contributed by atoms with Crippen LogP contribution in [0.25, 0.3) is 0 Å². The number of carbonyl (C=O) groups is 1. The summed E-state index contributed by atoms with van der Waals surface area (Å²) < 4.78 is 13.7. The molecule has 1 saturated heterocycles. The van der Waals surface area contributed by atoms with Crippen LogP contribution in [0.15, 0.2) is 41.3 Å². The van der Waals surface area contributed by atoms with Crippen LogP contribution in [0.5, 0.6) is 5.75 Å². The first-order valence-electron chi connectivity index (χ1n) is 9.20. The van der Waals surface area contributed by atoms with Gasteiger partial charge in [-0.2, -0.15) is 0 Å². The Balaban J connectivity index is 1.47. The van der Waals surface area contributed by atoms with Crippen LogP contribution in [-0.4, -0.2) is 55.4 Å². The Morgan fingerprint density at radius 3 is 2.59 bits per heavy atom. The zero-order valence-electron chi connectivity index (χ0n) is 15.7. The van der Waals surface area contributed by atoms with Gasteiger partial charge in [0.2, 0.25) is 0 Å². The molecule has 156 valence electrons. The minimum absolute atomic E-state index is 0.137. The topological polar surface area (TPSA) is 71.0 Å². The van der Waals surface area contributed by atoms with Crippen LogP contribution in [0, 0.1) is 0 Å². The molecule has 2 aromatic carbocycles. The van der Waals surface area contributed by atoms with Crippen molar-refractivity contribution >= 4 is 46.8 Å². The maximum atomic E-state index is 12.2. The number of nitrogens with zero attached hydrogens (tertiary/aromatic N) is 1. The van der Waals surface area contributed by atoms with E-state index in [0.29, 0.717) is 22.3 Å². The number of anilines is 1. The van der Waals surface area contributed by atoms with E-state index in [1.807, 2.05) is 0 Å². The van der Waals surface area contributed by atoms with E-state index in [1.54, 1.807) is 24.3 Å². The molecule has 3 rings (SSSR count). The normalized spacial score (nSPS) is 14.6. The summed E-state index contributed by atoms with van der Waals surface area (Å²) in [6, 6.07) is 9.90. The van der Waals surface area contributed by atoms with Gasteiger partial charge < -0.3 is 19.3 Å². The molecule has 0 aliphatic carbocycles. The molecule has 0 bridgehead atoms. The van der Waals surface area contributed by atoms with Gasteiger partial charge in [0.1, 0.15) is 11.3 Å². The summed E-state index contributed by atoms with van der Waals surface area (Å²) in [6.07, 6.45) is 0.741. The van der Waals surface area contributed by atoms with Crippen molar-refractivity contribution in [2.45, 2.75) is 11.3 Å². The number of phenols is 1. The summed E-state index contributed by atoms with van der Waals surface area (Å²) in [7, 11) is 0. The van der Waals surface area contributed by atoms with Gasteiger partial charge in [-0.25, -0.2) is 4.79 Å². The zero-order chi connectivity index (χ0) is 20.6. The van der Waals surface area contributed by atoms with Crippen LogP contribution in [0.1, 0.15) is 16.8 Å². The van der Waals surface area contributed by atoms with Crippen LogP contribution in [-0.2, 0) is 9.47 Å². The monoisotopic (exact) mass is 456 g/mol. The first-order chi connectivity index (χ1) is 14.0. The molecule has 0 atom stereocenters. The summed E-state index contributed by atoms with van der Waals surface area (Å²) in [5, 5.41) is 11.3. The highest BCUT2D eigenvalue weighted by Gasteiger charge is 2.14. The van der Waals surface area contributed by atoms with Crippen molar-refractivity contribution in [1.29, 1.82) is 0 Å². The van der Waals surface area contributed by atoms with Crippen molar-refractivity contribution in [3.8, 4) is 5.75 Å². The van der Waals surface area contributed by atoms with E-state index in [0.717, 1.165) is 44.2 Å². The summed E-state index contributed by atoms with van der Waals surface area (Å²) in [4.78, 5) is 15.3. The van der Waals surface area contributed by atoms with E-state index in [-0.39, 0.29) is 11.3 Å². The zero-order valence-corrected chi connectivity index (χ0v) is 18.0. The summed E-state index contributed by atoms with van der Waals surface area (Å²) in [5.74, 6) is -0.678. The lowest BCUT2D eigenvalue weighted by atomic mass is 10.2. The smallest absolute Gasteiger partial charge is 0.341 e. The van der Waals surface area contributed by atoms with Gasteiger partial charge in [-0.15, -0.1) is 0 Å². The van der Waals surface area contributed by atoms with Gasteiger partial charge in [-0.3, -0.25) is 4.90 Å². The predicted molar refractivity (Wildman–Crippen MR) is 116 cm³/mol. The van der Waals surface area contributed by atoms with Crippen LogP contribution in [0.3, 0.4) is 0 Å². The van der Waals surface area contributed by atoms with Gasteiger partial charge in [0.15, 0.2) is 0 Å². The maximum Gasteiger partial charge on any atom is 0.341 e. The largest absolute Gasteiger partial charge is 0.507 e. The Morgan fingerprint density at radius 1 is 1.17 bits per heavy atom.